The van der Waals surface area contributed by atoms with Gasteiger partial charge in [0, 0.05) is 16.9 Å². The number of rotatable bonds is 6. The summed E-state index contributed by atoms with van der Waals surface area (Å²) >= 11 is 1.60. The molecule has 3 amide bonds. The Morgan fingerprint density at radius 2 is 1.89 bits per heavy atom. The van der Waals surface area contributed by atoms with Crippen LogP contribution in [0.1, 0.15) is 54.6 Å². The molecule has 3 aliphatic rings. The van der Waals surface area contributed by atoms with E-state index in [9.17, 15) is 14.4 Å². The molecule has 0 aliphatic carbocycles. The maximum atomic E-state index is 13.6. The smallest absolute Gasteiger partial charge is 0.256 e. The lowest BCUT2D eigenvalue weighted by Gasteiger charge is -2.32. The Morgan fingerprint density at radius 3 is 2.66 bits per heavy atom. The minimum atomic E-state index is -0.739. The molecule has 1 fully saturated rings. The number of hydrogen-bond donors (Lipinski definition) is 2. The summed E-state index contributed by atoms with van der Waals surface area (Å²) < 4.78 is 10.2. The number of carbonyl (C=O) groups is 3. The minimum absolute atomic E-state index is 0.141. The third kappa shape index (κ3) is 4.11. The topological polar surface area (TPSA) is 97.0 Å². The second-order valence-corrected chi connectivity index (χ2v) is 11.6. The number of hydrogen-bond acceptors (Lipinski definition) is 6. The van der Waals surface area contributed by atoms with Crippen molar-refractivity contribution in [2.24, 2.45) is 5.92 Å². The van der Waals surface area contributed by atoms with Gasteiger partial charge in [0.25, 0.3) is 5.91 Å². The predicted molar refractivity (Wildman–Crippen MR) is 132 cm³/mol. The van der Waals surface area contributed by atoms with Gasteiger partial charge in [-0.1, -0.05) is 38.1 Å². The predicted octanol–water partition coefficient (Wildman–Crippen LogP) is 3.22. The van der Waals surface area contributed by atoms with Crippen LogP contribution in [0.4, 0.5) is 0 Å². The molecule has 0 saturated carbocycles. The summed E-state index contributed by atoms with van der Waals surface area (Å²) in [4.78, 5) is 41.6. The monoisotopic (exact) mass is 495 g/mol. The van der Waals surface area contributed by atoms with Crippen LogP contribution in [0.25, 0.3) is 0 Å². The largest absolute Gasteiger partial charge is 0.454 e. The molecule has 3 heterocycles. The molecule has 2 N–H and O–H groups in total. The molecule has 5 rings (SSSR count). The van der Waals surface area contributed by atoms with Crippen LogP contribution in [-0.2, 0) is 16.1 Å². The van der Waals surface area contributed by atoms with E-state index in [-0.39, 0.29) is 35.8 Å². The van der Waals surface area contributed by atoms with Crippen molar-refractivity contribution in [2.75, 3.05) is 6.79 Å². The first-order valence-electron chi connectivity index (χ1n) is 11.7. The van der Waals surface area contributed by atoms with Gasteiger partial charge in [0.05, 0.1) is 0 Å². The van der Waals surface area contributed by atoms with Gasteiger partial charge in [0.2, 0.25) is 18.6 Å². The number of amides is 3. The highest BCUT2D eigenvalue weighted by molar-refractivity contribution is 8.01. The molecule has 8 nitrogen and oxygen atoms in total. The third-order valence-corrected chi connectivity index (χ3v) is 8.23. The number of ether oxygens (including phenoxy) is 2. The summed E-state index contributed by atoms with van der Waals surface area (Å²) in [6, 6.07) is 11.6. The first kappa shape index (κ1) is 23.5. The van der Waals surface area contributed by atoms with Crippen molar-refractivity contribution in [1.82, 2.24) is 15.5 Å². The Hall–Kier alpha value is -3.20. The number of benzene rings is 2. The Labute approximate surface area is 208 Å². The van der Waals surface area contributed by atoms with E-state index in [1.54, 1.807) is 22.7 Å². The molecule has 0 unspecified atom stereocenters. The third-order valence-electron chi connectivity index (χ3n) is 6.70. The average molecular weight is 496 g/mol. The zero-order chi connectivity index (χ0) is 24.9. The van der Waals surface area contributed by atoms with Crippen LogP contribution in [0.2, 0.25) is 0 Å². The van der Waals surface area contributed by atoms with Crippen LogP contribution in [0.3, 0.4) is 0 Å². The van der Waals surface area contributed by atoms with Crippen molar-refractivity contribution in [1.29, 1.82) is 0 Å². The summed E-state index contributed by atoms with van der Waals surface area (Å²) in [5.41, 5.74) is 2.45. The highest BCUT2D eigenvalue weighted by Gasteiger charge is 2.57. The molecule has 3 atom stereocenters. The SMILES string of the molecule is CC(C)[C@H](NC(=O)[C@H]1N2C(=O)c3ccccc3[C@H]2SC1(C)C)C(=O)NCc1ccc2c(c1)OCO2. The molecule has 1 saturated heterocycles. The quantitative estimate of drug-likeness (QED) is 0.639. The van der Waals surface area contributed by atoms with Crippen LogP contribution >= 0.6 is 11.8 Å². The summed E-state index contributed by atoms with van der Waals surface area (Å²) in [7, 11) is 0. The number of fused-ring (bicyclic) bond motifs is 4. The van der Waals surface area contributed by atoms with Gasteiger partial charge in [0.1, 0.15) is 17.5 Å². The Balaban J connectivity index is 1.29. The molecule has 3 aliphatic heterocycles. The van der Waals surface area contributed by atoms with Crippen LogP contribution in [0.5, 0.6) is 11.5 Å². The van der Waals surface area contributed by atoms with Gasteiger partial charge in [-0.25, -0.2) is 0 Å². The van der Waals surface area contributed by atoms with Crippen LogP contribution in [0.15, 0.2) is 42.5 Å². The lowest BCUT2D eigenvalue weighted by molar-refractivity contribution is -0.132. The van der Waals surface area contributed by atoms with Crippen molar-refractivity contribution >= 4 is 29.5 Å². The van der Waals surface area contributed by atoms with E-state index in [2.05, 4.69) is 10.6 Å². The summed E-state index contributed by atoms with van der Waals surface area (Å²) in [6.45, 7) is 8.20. The van der Waals surface area contributed by atoms with Crippen molar-refractivity contribution < 1.29 is 23.9 Å². The summed E-state index contributed by atoms with van der Waals surface area (Å²) in [5, 5.41) is 5.66. The number of nitrogens with zero attached hydrogens (tertiary/aromatic N) is 1. The van der Waals surface area contributed by atoms with Gasteiger partial charge < -0.3 is 25.0 Å². The molecule has 2 aromatic carbocycles. The van der Waals surface area contributed by atoms with Gasteiger partial charge in [-0.15, -0.1) is 11.8 Å². The zero-order valence-electron chi connectivity index (χ0n) is 20.2. The molecule has 0 radical (unpaired) electrons. The highest BCUT2D eigenvalue weighted by Crippen LogP contribution is 2.56. The highest BCUT2D eigenvalue weighted by atomic mass is 32.2. The fraction of sp³-hybridized carbons (Fsp3) is 0.423. The lowest BCUT2D eigenvalue weighted by Crippen LogP contribution is -2.58. The maximum Gasteiger partial charge on any atom is 0.256 e. The molecule has 0 spiro atoms. The molecule has 2 aromatic rings. The molecule has 9 heteroatoms. The number of carbonyl (C=O) groups excluding carboxylic acids is 3. The van der Waals surface area contributed by atoms with Gasteiger partial charge in [-0.2, -0.15) is 0 Å². The van der Waals surface area contributed by atoms with E-state index < -0.39 is 16.8 Å². The maximum absolute atomic E-state index is 13.6. The Morgan fingerprint density at radius 1 is 1.14 bits per heavy atom. The minimum Gasteiger partial charge on any atom is -0.454 e. The molecule has 184 valence electrons. The van der Waals surface area contributed by atoms with E-state index in [1.165, 1.54) is 0 Å². The molecule has 0 aromatic heterocycles. The second kappa shape index (κ2) is 8.78. The van der Waals surface area contributed by atoms with Crippen molar-refractivity contribution in [3.8, 4) is 11.5 Å². The summed E-state index contributed by atoms with van der Waals surface area (Å²) in [6.07, 6.45) is 0. The van der Waals surface area contributed by atoms with Gasteiger partial charge in [0.15, 0.2) is 11.5 Å². The molecule has 0 bridgehead atoms. The average Bonchev–Trinajstić information content (AvgIpc) is 3.47. The molecule has 35 heavy (non-hydrogen) atoms. The zero-order valence-corrected chi connectivity index (χ0v) is 21.0. The Kier molecular flexibility index (Phi) is 5.91. The number of thioether (sulfide) groups is 1. The van der Waals surface area contributed by atoms with Gasteiger partial charge >= 0.3 is 0 Å². The standard InChI is InChI=1S/C26H29N3O5S/c1-14(2)20(22(30)27-12-15-9-10-18-19(11-15)34-13-33-18)28-23(31)21-26(3,4)35-25-17-8-6-5-7-16(17)24(32)29(21)25/h5-11,14,20-21,25H,12-13H2,1-4H3,(H,27,30)(H,28,31)/t20-,21+,25+/m0/s1. The van der Waals surface area contributed by atoms with Gasteiger partial charge in [-0.3, -0.25) is 14.4 Å². The lowest BCUT2D eigenvalue weighted by atomic mass is 9.98. The Bertz CT molecular complexity index is 1200. The van der Waals surface area contributed by atoms with Crippen LogP contribution < -0.4 is 20.1 Å². The van der Waals surface area contributed by atoms with Crippen molar-refractivity contribution in [2.45, 2.75) is 56.4 Å². The molecular weight excluding hydrogens is 466 g/mol. The first-order chi connectivity index (χ1) is 16.7. The van der Waals surface area contributed by atoms with E-state index in [1.807, 2.05) is 64.1 Å². The normalized spacial score (nSPS) is 22.1. The van der Waals surface area contributed by atoms with Crippen molar-refractivity contribution in [3.63, 3.8) is 0 Å². The first-order valence-corrected chi connectivity index (χ1v) is 12.6. The van der Waals surface area contributed by atoms with Crippen LogP contribution in [-0.4, -0.2) is 46.2 Å². The van der Waals surface area contributed by atoms with Crippen LogP contribution in [0, 0.1) is 5.92 Å². The second-order valence-electron chi connectivity index (χ2n) is 9.91. The van der Waals surface area contributed by atoms with E-state index in [0.29, 0.717) is 23.6 Å². The fourth-order valence-electron chi connectivity index (χ4n) is 4.92. The summed E-state index contributed by atoms with van der Waals surface area (Å²) in [5.74, 6) is 0.455. The van der Waals surface area contributed by atoms with Gasteiger partial charge in [-0.05, 0) is 49.1 Å². The van der Waals surface area contributed by atoms with E-state index in [4.69, 9.17) is 9.47 Å². The van der Waals surface area contributed by atoms with E-state index in [0.717, 1.165) is 11.1 Å². The molecular formula is C26H29N3O5S. The van der Waals surface area contributed by atoms with E-state index >= 15 is 0 Å². The van der Waals surface area contributed by atoms with Crippen molar-refractivity contribution in [3.05, 3.63) is 59.2 Å². The number of nitrogens with one attached hydrogen (secondary N) is 2. The fourth-order valence-corrected chi connectivity index (χ4v) is 6.51.